The summed E-state index contributed by atoms with van der Waals surface area (Å²) >= 11 is 0. The van der Waals surface area contributed by atoms with E-state index in [-0.39, 0.29) is 29.1 Å². The summed E-state index contributed by atoms with van der Waals surface area (Å²) in [5.41, 5.74) is 1.26. The number of nitrogens with zero attached hydrogens (tertiary/aromatic N) is 2. The Kier molecular flexibility index (Phi) is 8.88. The van der Waals surface area contributed by atoms with Crippen molar-refractivity contribution in [1.82, 2.24) is 14.7 Å². The zero-order valence-corrected chi connectivity index (χ0v) is 22.7. The average Bonchev–Trinajstić information content (AvgIpc) is 3.18. The molecule has 212 valence electrons. The quantitative estimate of drug-likeness (QED) is 0.268. The summed E-state index contributed by atoms with van der Waals surface area (Å²) < 4.78 is 13.8. The van der Waals surface area contributed by atoms with Gasteiger partial charge < -0.3 is 19.9 Å². The number of aromatic nitrogens is 2. The van der Waals surface area contributed by atoms with Gasteiger partial charge in [0.05, 0.1) is 5.56 Å². The highest BCUT2D eigenvalue weighted by Gasteiger charge is 2.24. The Morgan fingerprint density at radius 3 is 2.10 bits per heavy atom. The molecule has 0 aliphatic rings. The minimum Gasteiger partial charge on any atom is -0.491 e. The van der Waals surface area contributed by atoms with Gasteiger partial charge in [-0.15, -0.1) is 0 Å². The molecular weight excluding hydrogens is 528 g/mol. The van der Waals surface area contributed by atoms with Crippen LogP contribution in [0.3, 0.4) is 0 Å². The molecule has 11 heteroatoms. The molecule has 0 bridgehead atoms. The van der Waals surface area contributed by atoms with Gasteiger partial charge >= 0.3 is 12.1 Å². The number of rotatable bonds is 10. The Balaban J connectivity index is 1.48. The zero-order chi connectivity index (χ0) is 29.5. The number of amides is 2. The molecule has 1 aromatic heterocycles. The van der Waals surface area contributed by atoms with Gasteiger partial charge in [0.15, 0.2) is 6.04 Å². The van der Waals surface area contributed by atoms with Crippen LogP contribution in [0.25, 0.3) is 11.1 Å². The number of hydrogen-bond donors (Lipinski definition) is 3. The van der Waals surface area contributed by atoms with E-state index in [1.54, 1.807) is 63.5 Å². The topological polar surface area (TPSA) is 141 Å². The van der Waals surface area contributed by atoms with E-state index < -0.39 is 30.1 Å². The van der Waals surface area contributed by atoms with Crippen LogP contribution in [-0.2, 0) is 23.6 Å². The van der Waals surface area contributed by atoms with Gasteiger partial charge in [0, 0.05) is 19.7 Å². The van der Waals surface area contributed by atoms with Gasteiger partial charge in [0.2, 0.25) is 0 Å². The fourth-order valence-corrected chi connectivity index (χ4v) is 4.09. The number of aliphatic carboxylic acids is 1. The van der Waals surface area contributed by atoms with Crippen molar-refractivity contribution >= 4 is 23.8 Å². The fourth-order valence-electron chi connectivity index (χ4n) is 4.09. The summed E-state index contributed by atoms with van der Waals surface area (Å²) in [7, 11) is 3.17. The van der Waals surface area contributed by atoms with Crippen LogP contribution in [0.1, 0.15) is 28.9 Å². The largest absolute Gasteiger partial charge is 0.491 e. The molecule has 1 heterocycles. The lowest BCUT2D eigenvalue weighted by molar-refractivity contribution is -0.140. The third kappa shape index (κ3) is 6.82. The van der Waals surface area contributed by atoms with Crippen LogP contribution < -0.4 is 20.9 Å². The lowest BCUT2D eigenvalue weighted by Crippen LogP contribution is -2.44. The van der Waals surface area contributed by atoms with Crippen molar-refractivity contribution in [3.63, 3.8) is 0 Å². The van der Waals surface area contributed by atoms with Crippen molar-refractivity contribution in [2.24, 2.45) is 14.1 Å². The first-order valence-corrected chi connectivity index (χ1v) is 12.8. The second-order valence-corrected chi connectivity index (χ2v) is 9.22. The molecule has 0 radical (unpaired) electrons. The summed E-state index contributed by atoms with van der Waals surface area (Å²) in [5, 5.41) is 14.7. The van der Waals surface area contributed by atoms with Gasteiger partial charge in [-0.1, -0.05) is 60.7 Å². The number of carbonyl (C=O) groups excluding carboxylic acids is 2. The highest BCUT2D eigenvalue weighted by molar-refractivity contribution is 5.97. The molecule has 0 aliphatic carbocycles. The number of ether oxygens (including phenoxy) is 2. The summed E-state index contributed by atoms with van der Waals surface area (Å²) in [5.74, 6) is -1.19. The van der Waals surface area contributed by atoms with Gasteiger partial charge in [-0.05, 0) is 42.3 Å². The summed E-state index contributed by atoms with van der Waals surface area (Å²) in [6, 6.07) is 22.6. The van der Waals surface area contributed by atoms with Gasteiger partial charge in [-0.2, -0.15) is 0 Å². The molecule has 0 spiro atoms. The summed E-state index contributed by atoms with van der Waals surface area (Å²) in [6.07, 6.45) is -1.26. The first kappa shape index (κ1) is 28.7. The van der Waals surface area contributed by atoms with E-state index in [2.05, 4.69) is 10.6 Å². The molecule has 2 unspecified atom stereocenters. The van der Waals surface area contributed by atoms with Crippen molar-refractivity contribution in [3.05, 3.63) is 106 Å². The van der Waals surface area contributed by atoms with Gasteiger partial charge in [0.25, 0.3) is 11.5 Å². The molecule has 4 rings (SSSR count). The third-order valence-electron chi connectivity index (χ3n) is 6.49. The van der Waals surface area contributed by atoms with Crippen LogP contribution in [0.4, 0.5) is 10.6 Å². The first-order chi connectivity index (χ1) is 19.7. The van der Waals surface area contributed by atoms with E-state index in [9.17, 15) is 24.3 Å². The van der Waals surface area contributed by atoms with Crippen LogP contribution in [0.5, 0.6) is 5.75 Å². The van der Waals surface area contributed by atoms with E-state index in [0.29, 0.717) is 11.3 Å². The van der Waals surface area contributed by atoms with E-state index in [1.165, 1.54) is 21.5 Å². The Morgan fingerprint density at radius 1 is 0.878 bits per heavy atom. The Bertz CT molecular complexity index is 1580. The Morgan fingerprint density at radius 2 is 1.49 bits per heavy atom. The van der Waals surface area contributed by atoms with Crippen LogP contribution in [0.15, 0.2) is 89.7 Å². The number of benzene rings is 3. The Labute approximate surface area is 235 Å². The van der Waals surface area contributed by atoms with E-state index >= 15 is 0 Å². The van der Waals surface area contributed by atoms with Crippen molar-refractivity contribution < 1.29 is 29.0 Å². The molecule has 11 nitrogen and oxygen atoms in total. The molecule has 2 amide bonds. The predicted octanol–water partition coefficient (Wildman–Crippen LogP) is 3.96. The summed E-state index contributed by atoms with van der Waals surface area (Å²) in [6.45, 7) is 1.48. The van der Waals surface area contributed by atoms with Crippen molar-refractivity contribution in [3.8, 4) is 16.9 Å². The molecule has 2 atom stereocenters. The maximum Gasteiger partial charge on any atom is 0.413 e. The van der Waals surface area contributed by atoms with Crippen LogP contribution >= 0.6 is 0 Å². The number of nitrogens with one attached hydrogen (secondary N) is 2. The minimum absolute atomic E-state index is 0.179. The highest BCUT2D eigenvalue weighted by atomic mass is 16.6. The molecule has 41 heavy (non-hydrogen) atoms. The standard InChI is InChI=1S/C30H30N4O7/c1-19(20-10-6-4-7-11-20)41-30(39)32-26-25(28(36)34(3)33(26)2)21-14-16-22(17-15-21)27(35)31-24(29(37)38)18-40-23-12-8-5-9-13-23/h4-17,19,24H,18H2,1-3H3,(H,31,35)(H,32,39)(H,37,38). The number of para-hydroxylation sites is 1. The van der Waals surface area contributed by atoms with E-state index in [1.807, 2.05) is 30.3 Å². The molecular formula is C30H30N4O7. The maximum absolute atomic E-state index is 13.1. The third-order valence-corrected chi connectivity index (χ3v) is 6.49. The Hall–Kier alpha value is -5.32. The smallest absolute Gasteiger partial charge is 0.413 e. The lowest BCUT2D eigenvalue weighted by atomic mass is 10.1. The predicted molar refractivity (Wildman–Crippen MR) is 152 cm³/mol. The van der Waals surface area contributed by atoms with Crippen LogP contribution in [0.2, 0.25) is 0 Å². The maximum atomic E-state index is 13.1. The van der Waals surface area contributed by atoms with Gasteiger partial charge in [-0.3, -0.25) is 24.3 Å². The normalized spacial score (nSPS) is 12.2. The molecule has 4 aromatic rings. The van der Waals surface area contributed by atoms with Crippen molar-refractivity contribution in [1.29, 1.82) is 0 Å². The SMILES string of the molecule is CC(OC(=O)Nc1c(-c2ccc(C(=O)NC(COc3ccccc3)C(=O)O)cc2)c(=O)n(C)n1C)c1ccccc1. The minimum atomic E-state index is -1.29. The molecule has 0 fully saturated rings. The molecule has 3 N–H and O–H groups in total. The highest BCUT2D eigenvalue weighted by Crippen LogP contribution is 2.26. The number of carboxylic acid groups (broad SMARTS) is 1. The van der Waals surface area contributed by atoms with Gasteiger partial charge in [0.1, 0.15) is 24.3 Å². The van der Waals surface area contributed by atoms with E-state index in [0.717, 1.165) is 5.56 Å². The number of hydrogen-bond acceptors (Lipinski definition) is 6. The van der Waals surface area contributed by atoms with E-state index in [4.69, 9.17) is 9.47 Å². The first-order valence-electron chi connectivity index (χ1n) is 12.8. The lowest BCUT2D eigenvalue weighted by Gasteiger charge is -2.16. The molecule has 0 saturated carbocycles. The zero-order valence-electron chi connectivity index (χ0n) is 22.7. The number of anilines is 1. The summed E-state index contributed by atoms with van der Waals surface area (Å²) in [4.78, 5) is 50.3. The number of carboxylic acids is 1. The second-order valence-electron chi connectivity index (χ2n) is 9.22. The van der Waals surface area contributed by atoms with Crippen molar-refractivity contribution in [2.45, 2.75) is 19.1 Å². The molecule has 0 aliphatic heterocycles. The fraction of sp³-hybridized carbons (Fsp3) is 0.200. The van der Waals surface area contributed by atoms with Gasteiger partial charge in [-0.25, -0.2) is 9.59 Å². The molecule has 0 saturated heterocycles. The second kappa shape index (κ2) is 12.7. The van der Waals surface area contributed by atoms with Crippen LogP contribution in [-0.4, -0.2) is 45.1 Å². The number of carbonyl (C=O) groups is 3. The van der Waals surface area contributed by atoms with Crippen molar-refractivity contribution in [2.75, 3.05) is 11.9 Å². The average molecular weight is 559 g/mol. The monoisotopic (exact) mass is 558 g/mol. The molecule has 3 aromatic carbocycles. The van der Waals surface area contributed by atoms with Crippen LogP contribution in [0, 0.1) is 0 Å².